The van der Waals surface area contributed by atoms with E-state index in [-0.39, 0.29) is 36.0 Å². The van der Waals surface area contributed by atoms with Crippen molar-refractivity contribution in [1.82, 2.24) is 14.6 Å². The van der Waals surface area contributed by atoms with Crippen LogP contribution in [0, 0.1) is 6.92 Å². The van der Waals surface area contributed by atoms with Gasteiger partial charge in [0.15, 0.2) is 5.13 Å². The maximum atomic E-state index is 13.7. The van der Waals surface area contributed by atoms with Crippen LogP contribution in [0.3, 0.4) is 0 Å². The fourth-order valence-electron chi connectivity index (χ4n) is 5.21. The number of amides is 1. The molecule has 1 amide bonds. The van der Waals surface area contributed by atoms with E-state index in [1.807, 2.05) is 24.3 Å². The molecule has 236 valence electrons. The SMILES string of the molecule is Cc1nc(N2CCN(S(=O)(=O)c3ccc(OC(F)(F)F)cc3)[C@@H](C(=O)NCc3ccc(N4CCCC4)cc3)C2)sc1C(=O)O. The molecular formula is C28H30F3N5O6S2. The van der Waals surface area contributed by atoms with Crippen LogP contribution >= 0.6 is 11.3 Å². The summed E-state index contributed by atoms with van der Waals surface area (Å²) in [7, 11) is -4.34. The molecular weight excluding hydrogens is 623 g/mol. The van der Waals surface area contributed by atoms with Crippen LogP contribution in [0.4, 0.5) is 24.0 Å². The second-order valence-corrected chi connectivity index (χ2v) is 13.3. The molecule has 1 atom stereocenters. The van der Waals surface area contributed by atoms with E-state index in [0.29, 0.717) is 10.8 Å². The number of nitrogens with zero attached hydrogens (tertiary/aromatic N) is 4. The van der Waals surface area contributed by atoms with Crippen LogP contribution in [-0.2, 0) is 21.4 Å². The van der Waals surface area contributed by atoms with Crippen molar-refractivity contribution in [3.8, 4) is 5.75 Å². The number of hydrogen-bond donors (Lipinski definition) is 2. The van der Waals surface area contributed by atoms with E-state index < -0.39 is 40.1 Å². The first-order valence-corrected chi connectivity index (χ1v) is 16.0. The Balaban J connectivity index is 1.37. The average Bonchev–Trinajstić information content (AvgIpc) is 3.66. The lowest BCUT2D eigenvalue weighted by Crippen LogP contribution is -2.60. The standard InChI is InChI=1S/C28H30F3N5O6S2/c1-18-24(26(38)39)43-27(33-18)35-14-15-36(44(40,41)22-10-8-21(9-11-22)42-28(29,30)31)23(17-35)25(37)32-16-19-4-6-20(7-5-19)34-12-2-3-13-34/h4-11,23H,2-3,12-17H2,1H3,(H,32,37)(H,38,39)/t23-/m1/s1. The summed E-state index contributed by atoms with van der Waals surface area (Å²) in [6.07, 6.45) is -2.67. The second kappa shape index (κ2) is 12.6. The first-order chi connectivity index (χ1) is 20.8. The van der Waals surface area contributed by atoms with Crippen molar-refractivity contribution in [3.63, 3.8) is 0 Å². The van der Waals surface area contributed by atoms with Gasteiger partial charge in [0.05, 0.1) is 10.6 Å². The van der Waals surface area contributed by atoms with Gasteiger partial charge in [0, 0.05) is 45.0 Å². The van der Waals surface area contributed by atoms with Crippen molar-refractivity contribution in [2.75, 3.05) is 42.5 Å². The van der Waals surface area contributed by atoms with Gasteiger partial charge >= 0.3 is 12.3 Å². The van der Waals surface area contributed by atoms with E-state index in [0.717, 1.165) is 77.1 Å². The molecule has 0 bridgehead atoms. The summed E-state index contributed by atoms with van der Waals surface area (Å²) in [6.45, 7) is 3.48. The lowest BCUT2D eigenvalue weighted by molar-refractivity contribution is -0.274. The van der Waals surface area contributed by atoms with Gasteiger partial charge in [-0.1, -0.05) is 23.5 Å². The lowest BCUT2D eigenvalue weighted by atomic mass is 10.1. The quantitative estimate of drug-likeness (QED) is 0.354. The summed E-state index contributed by atoms with van der Waals surface area (Å²) in [5.41, 5.74) is 2.20. The van der Waals surface area contributed by atoms with Gasteiger partial charge in [0.25, 0.3) is 0 Å². The minimum atomic E-state index is -4.94. The molecule has 44 heavy (non-hydrogen) atoms. The fraction of sp³-hybridized carbons (Fsp3) is 0.393. The molecule has 11 nitrogen and oxygen atoms in total. The van der Waals surface area contributed by atoms with E-state index in [4.69, 9.17) is 0 Å². The van der Waals surface area contributed by atoms with Crippen molar-refractivity contribution in [2.45, 2.75) is 43.6 Å². The van der Waals surface area contributed by atoms with Crippen LogP contribution in [0.15, 0.2) is 53.4 Å². The number of aromatic carboxylic acids is 1. The highest BCUT2D eigenvalue weighted by Gasteiger charge is 2.41. The van der Waals surface area contributed by atoms with E-state index in [9.17, 15) is 36.3 Å². The topological polar surface area (TPSA) is 132 Å². The molecule has 0 saturated carbocycles. The predicted molar refractivity (Wildman–Crippen MR) is 157 cm³/mol. The summed E-state index contributed by atoms with van der Waals surface area (Å²) in [5, 5.41) is 12.6. The molecule has 0 radical (unpaired) electrons. The lowest BCUT2D eigenvalue weighted by Gasteiger charge is -2.39. The van der Waals surface area contributed by atoms with E-state index in [2.05, 4.69) is 19.9 Å². The molecule has 0 aliphatic carbocycles. The maximum Gasteiger partial charge on any atom is 0.573 e. The van der Waals surface area contributed by atoms with Crippen molar-refractivity contribution >= 4 is 44.1 Å². The number of carbonyl (C=O) groups excluding carboxylic acids is 1. The number of nitrogens with one attached hydrogen (secondary N) is 1. The van der Waals surface area contributed by atoms with Crippen LogP contribution in [0.5, 0.6) is 5.75 Å². The van der Waals surface area contributed by atoms with E-state index >= 15 is 0 Å². The number of aryl methyl sites for hydroxylation is 1. The zero-order chi connectivity index (χ0) is 31.6. The van der Waals surface area contributed by atoms with Crippen LogP contribution in [-0.4, -0.2) is 79.8 Å². The number of ether oxygens (including phenoxy) is 1. The smallest absolute Gasteiger partial charge is 0.477 e. The summed E-state index contributed by atoms with van der Waals surface area (Å²) in [4.78, 5) is 33.2. The number of thiazole rings is 1. The highest BCUT2D eigenvalue weighted by Crippen LogP contribution is 2.31. The number of alkyl halides is 3. The van der Waals surface area contributed by atoms with Crippen molar-refractivity contribution in [1.29, 1.82) is 0 Å². The third-order valence-electron chi connectivity index (χ3n) is 7.42. The minimum absolute atomic E-state index is 0.0367. The van der Waals surface area contributed by atoms with Crippen molar-refractivity contribution < 1.29 is 41.0 Å². The van der Waals surface area contributed by atoms with Crippen molar-refractivity contribution in [2.24, 2.45) is 0 Å². The van der Waals surface area contributed by atoms with Crippen LogP contribution in [0.1, 0.15) is 33.8 Å². The Morgan fingerprint density at radius 3 is 2.27 bits per heavy atom. The number of aromatic nitrogens is 1. The number of carboxylic acids is 1. The highest BCUT2D eigenvalue weighted by atomic mass is 32.2. The maximum absolute atomic E-state index is 13.7. The summed E-state index contributed by atoms with van der Waals surface area (Å²) < 4.78 is 70.1. The summed E-state index contributed by atoms with van der Waals surface area (Å²) in [6, 6.07) is 10.3. The molecule has 2 aromatic carbocycles. The average molecular weight is 654 g/mol. The summed E-state index contributed by atoms with van der Waals surface area (Å²) >= 11 is 0.927. The molecule has 2 saturated heterocycles. The number of benzene rings is 2. The van der Waals surface area contributed by atoms with Crippen molar-refractivity contribution in [3.05, 3.63) is 64.7 Å². The van der Waals surface area contributed by atoms with Gasteiger partial charge in [-0.25, -0.2) is 18.2 Å². The van der Waals surface area contributed by atoms with E-state index in [1.165, 1.54) is 0 Å². The van der Waals surface area contributed by atoms with Gasteiger partial charge in [0.2, 0.25) is 15.9 Å². The first kappa shape index (κ1) is 31.5. The Hall–Kier alpha value is -3.89. The van der Waals surface area contributed by atoms with Crippen LogP contribution in [0.2, 0.25) is 0 Å². The van der Waals surface area contributed by atoms with Crippen LogP contribution < -0.4 is 19.9 Å². The second-order valence-electron chi connectivity index (χ2n) is 10.4. The Morgan fingerprint density at radius 2 is 1.68 bits per heavy atom. The van der Waals surface area contributed by atoms with Gasteiger partial charge in [-0.15, -0.1) is 13.2 Å². The Bertz CT molecular complexity index is 1610. The zero-order valence-electron chi connectivity index (χ0n) is 23.6. The number of piperazine rings is 1. The number of hydrogen-bond acceptors (Lipinski definition) is 9. The Morgan fingerprint density at radius 1 is 1.02 bits per heavy atom. The van der Waals surface area contributed by atoms with Gasteiger partial charge in [-0.2, -0.15) is 4.31 Å². The third kappa shape index (κ3) is 7.08. The molecule has 2 fully saturated rings. The highest BCUT2D eigenvalue weighted by molar-refractivity contribution is 7.89. The number of sulfonamides is 1. The molecule has 0 spiro atoms. The molecule has 2 aliphatic heterocycles. The number of rotatable bonds is 9. The molecule has 0 unspecified atom stereocenters. The number of halogens is 3. The third-order valence-corrected chi connectivity index (χ3v) is 10.6. The number of carboxylic acid groups (broad SMARTS) is 1. The van der Waals surface area contributed by atoms with Gasteiger partial charge < -0.3 is 25.0 Å². The van der Waals surface area contributed by atoms with Gasteiger partial charge in [0.1, 0.15) is 16.7 Å². The predicted octanol–water partition coefficient (Wildman–Crippen LogP) is 3.84. The first-order valence-electron chi connectivity index (χ1n) is 13.8. The Labute approximate surface area is 255 Å². The molecule has 1 aromatic heterocycles. The molecule has 5 rings (SSSR count). The van der Waals surface area contributed by atoms with Gasteiger partial charge in [-0.3, -0.25) is 4.79 Å². The fourth-order valence-corrected chi connectivity index (χ4v) is 7.72. The van der Waals surface area contributed by atoms with Crippen LogP contribution in [0.25, 0.3) is 0 Å². The molecule has 3 aromatic rings. The number of anilines is 2. The monoisotopic (exact) mass is 653 g/mol. The summed E-state index contributed by atoms with van der Waals surface area (Å²) in [5.74, 6) is -2.32. The molecule has 2 N–H and O–H groups in total. The van der Waals surface area contributed by atoms with E-state index in [1.54, 1.807) is 11.8 Å². The molecule has 2 aliphatic rings. The van der Waals surface area contributed by atoms with Gasteiger partial charge in [-0.05, 0) is 61.7 Å². The number of carbonyl (C=O) groups is 2. The normalized spacial score (nSPS) is 18.0. The minimum Gasteiger partial charge on any atom is -0.477 e. The Kier molecular flexibility index (Phi) is 9.04. The molecule has 16 heteroatoms. The largest absolute Gasteiger partial charge is 0.573 e. The zero-order valence-corrected chi connectivity index (χ0v) is 25.2. The molecule has 3 heterocycles.